The molecule has 0 unspecified atom stereocenters. The van der Waals surface area contributed by atoms with E-state index in [0.717, 1.165) is 0 Å². The van der Waals surface area contributed by atoms with Crippen LogP contribution in [0.2, 0.25) is 0 Å². The van der Waals surface area contributed by atoms with Gasteiger partial charge in [-0.1, -0.05) is 6.07 Å². The van der Waals surface area contributed by atoms with Crippen LogP contribution in [0.15, 0.2) is 52.8 Å². The Morgan fingerprint density at radius 3 is 2.55 bits per heavy atom. The van der Waals surface area contributed by atoms with E-state index < -0.39 is 24.3 Å². The van der Waals surface area contributed by atoms with Gasteiger partial charge in [-0.3, -0.25) is 5.43 Å². The lowest BCUT2D eigenvalue weighted by Gasteiger charge is -2.28. The molecule has 0 saturated carbocycles. The van der Waals surface area contributed by atoms with E-state index in [1.54, 1.807) is 44.2 Å². The Morgan fingerprint density at radius 2 is 1.84 bits per heavy atom. The molecule has 0 aromatic heterocycles. The SMILES string of the molecule is CCOc1cc(/C=N\N[C@H](O)COc2ccc([C@H]3NC(=O)NC(C)=C3C(=O)OC)cc2OCC)ccc1O. The zero-order valence-electron chi connectivity index (χ0n) is 21.6. The Bertz CT molecular complexity index is 1210. The standard InChI is InChI=1S/C26H32N4O8/c1-5-36-20-11-16(7-9-18(20)31)13-27-30-22(32)14-38-19-10-8-17(12-21(19)37-6-2)24-23(25(33)35-4)15(3)28-26(34)29-24/h7-13,22,24,30-32H,5-6,14H2,1-4H3,(H2,28,29,34)/b27-13-/t22-,24-/m1/s1. The highest BCUT2D eigenvalue weighted by molar-refractivity contribution is 5.95. The summed E-state index contributed by atoms with van der Waals surface area (Å²) in [6, 6.07) is 8.52. The fraction of sp³-hybridized carbons (Fsp3) is 0.346. The number of carbonyl (C=O) groups is 2. The third-order valence-electron chi connectivity index (χ3n) is 5.39. The summed E-state index contributed by atoms with van der Waals surface area (Å²) in [5, 5.41) is 29.3. The molecule has 2 aromatic rings. The van der Waals surface area contributed by atoms with Gasteiger partial charge in [-0.25, -0.2) is 9.59 Å². The first-order chi connectivity index (χ1) is 18.3. The van der Waals surface area contributed by atoms with E-state index >= 15 is 0 Å². The van der Waals surface area contributed by atoms with Crippen molar-refractivity contribution in [2.75, 3.05) is 26.9 Å². The average Bonchev–Trinajstić information content (AvgIpc) is 2.89. The second kappa shape index (κ2) is 13.2. The van der Waals surface area contributed by atoms with Gasteiger partial charge in [0.1, 0.15) is 6.61 Å². The number of allylic oxidation sites excluding steroid dienone is 1. The van der Waals surface area contributed by atoms with E-state index in [2.05, 4.69) is 21.2 Å². The molecule has 0 bridgehead atoms. The molecule has 0 saturated heterocycles. The number of aromatic hydroxyl groups is 1. The summed E-state index contributed by atoms with van der Waals surface area (Å²) in [5.41, 5.74) is 4.45. The molecular weight excluding hydrogens is 496 g/mol. The number of hydrogen-bond acceptors (Lipinski definition) is 10. The summed E-state index contributed by atoms with van der Waals surface area (Å²) in [6.07, 6.45) is 0.317. The lowest BCUT2D eigenvalue weighted by Crippen LogP contribution is -2.45. The van der Waals surface area contributed by atoms with Crippen LogP contribution in [0.25, 0.3) is 0 Å². The fourth-order valence-electron chi connectivity index (χ4n) is 3.70. The van der Waals surface area contributed by atoms with E-state index in [1.165, 1.54) is 19.4 Å². The minimum atomic E-state index is -1.15. The number of hydrazone groups is 1. The summed E-state index contributed by atoms with van der Waals surface area (Å²) in [4.78, 5) is 24.4. The van der Waals surface area contributed by atoms with Crippen LogP contribution < -0.4 is 30.3 Å². The Balaban J connectivity index is 1.68. The third-order valence-corrected chi connectivity index (χ3v) is 5.39. The molecule has 0 spiro atoms. The highest BCUT2D eigenvalue weighted by atomic mass is 16.5. The molecule has 0 radical (unpaired) electrons. The number of benzene rings is 2. The van der Waals surface area contributed by atoms with E-state index in [-0.39, 0.29) is 17.9 Å². The number of methoxy groups -OCH3 is 1. The summed E-state index contributed by atoms with van der Waals surface area (Å²) < 4.78 is 21.7. The first-order valence-corrected chi connectivity index (χ1v) is 12.0. The number of nitrogens with zero attached hydrogens (tertiary/aromatic N) is 1. The molecule has 1 aliphatic heterocycles. The molecule has 2 atom stereocenters. The summed E-state index contributed by atoms with van der Waals surface area (Å²) >= 11 is 0. The molecule has 1 aliphatic rings. The van der Waals surface area contributed by atoms with Crippen LogP contribution in [0.3, 0.4) is 0 Å². The van der Waals surface area contributed by atoms with Crippen LogP contribution in [0.1, 0.15) is 37.9 Å². The van der Waals surface area contributed by atoms with E-state index in [4.69, 9.17) is 18.9 Å². The fourth-order valence-corrected chi connectivity index (χ4v) is 3.70. The van der Waals surface area contributed by atoms with Gasteiger partial charge in [0.25, 0.3) is 0 Å². The Labute approximate surface area is 220 Å². The number of phenols is 1. The van der Waals surface area contributed by atoms with Crippen LogP contribution in [0.5, 0.6) is 23.0 Å². The minimum absolute atomic E-state index is 0.0247. The Morgan fingerprint density at radius 1 is 1.11 bits per heavy atom. The zero-order chi connectivity index (χ0) is 27.7. The van der Waals surface area contributed by atoms with E-state index in [1.807, 2.05) is 6.92 Å². The molecule has 12 heteroatoms. The van der Waals surface area contributed by atoms with Gasteiger partial charge < -0.3 is 39.8 Å². The van der Waals surface area contributed by atoms with Gasteiger partial charge in [0, 0.05) is 5.70 Å². The molecule has 1 heterocycles. The van der Waals surface area contributed by atoms with Gasteiger partial charge in [0.2, 0.25) is 0 Å². The number of aliphatic hydroxyl groups excluding tert-OH is 1. The largest absolute Gasteiger partial charge is 0.504 e. The summed E-state index contributed by atoms with van der Waals surface area (Å²) in [6.45, 7) is 5.81. The van der Waals surface area contributed by atoms with Crippen LogP contribution in [0, 0.1) is 0 Å². The Hall–Kier alpha value is -4.45. The van der Waals surface area contributed by atoms with Crippen molar-refractivity contribution >= 4 is 18.2 Å². The number of aliphatic hydroxyl groups is 1. The number of phenolic OH excluding ortho intramolecular Hbond substituents is 1. The maximum Gasteiger partial charge on any atom is 0.337 e. The number of carbonyl (C=O) groups excluding carboxylic acids is 2. The minimum Gasteiger partial charge on any atom is -0.504 e. The quantitative estimate of drug-likeness (QED) is 0.121. The van der Waals surface area contributed by atoms with Gasteiger partial charge in [-0.05, 0) is 62.2 Å². The van der Waals surface area contributed by atoms with Gasteiger partial charge in [0.05, 0.1) is 38.2 Å². The maximum absolute atomic E-state index is 12.4. The van der Waals surface area contributed by atoms with Crippen molar-refractivity contribution in [3.8, 4) is 23.0 Å². The second-order valence-corrected chi connectivity index (χ2v) is 8.08. The molecule has 38 heavy (non-hydrogen) atoms. The van der Waals surface area contributed by atoms with Crippen molar-refractivity contribution in [2.45, 2.75) is 33.0 Å². The molecule has 3 rings (SSSR count). The third kappa shape index (κ3) is 7.07. The molecular formula is C26H32N4O8. The average molecular weight is 529 g/mol. The number of amides is 2. The van der Waals surface area contributed by atoms with Crippen LogP contribution in [-0.2, 0) is 9.53 Å². The first kappa shape index (κ1) is 28.1. The first-order valence-electron chi connectivity index (χ1n) is 12.0. The zero-order valence-corrected chi connectivity index (χ0v) is 21.6. The van der Waals surface area contributed by atoms with Gasteiger partial charge in [-0.15, -0.1) is 0 Å². The van der Waals surface area contributed by atoms with Crippen LogP contribution >= 0.6 is 0 Å². The van der Waals surface area contributed by atoms with Crippen LogP contribution in [-0.4, -0.2) is 61.6 Å². The summed E-state index contributed by atoms with van der Waals surface area (Å²) in [5.74, 6) is 0.496. The van der Waals surface area contributed by atoms with Crippen molar-refractivity contribution in [1.29, 1.82) is 0 Å². The second-order valence-electron chi connectivity index (χ2n) is 8.08. The normalized spacial score (nSPS) is 15.9. The van der Waals surface area contributed by atoms with Gasteiger partial charge in [0.15, 0.2) is 29.2 Å². The number of urea groups is 1. The molecule has 2 amide bonds. The lowest BCUT2D eigenvalue weighted by molar-refractivity contribution is -0.136. The van der Waals surface area contributed by atoms with Crippen LogP contribution in [0.4, 0.5) is 4.79 Å². The van der Waals surface area contributed by atoms with Gasteiger partial charge >= 0.3 is 12.0 Å². The van der Waals surface area contributed by atoms with Crippen molar-refractivity contribution in [1.82, 2.24) is 16.1 Å². The molecule has 0 fully saturated rings. The summed E-state index contributed by atoms with van der Waals surface area (Å²) in [7, 11) is 1.27. The smallest absolute Gasteiger partial charge is 0.337 e. The van der Waals surface area contributed by atoms with Crippen molar-refractivity contribution in [3.05, 3.63) is 58.8 Å². The predicted molar refractivity (Wildman–Crippen MR) is 138 cm³/mol. The monoisotopic (exact) mass is 528 g/mol. The maximum atomic E-state index is 12.4. The topological polar surface area (TPSA) is 160 Å². The highest BCUT2D eigenvalue weighted by Crippen LogP contribution is 2.35. The Kier molecular flexibility index (Phi) is 9.77. The number of hydrogen-bond donors (Lipinski definition) is 5. The predicted octanol–water partition coefficient (Wildman–Crippen LogP) is 2.31. The van der Waals surface area contributed by atoms with Crippen molar-refractivity contribution < 1.29 is 38.7 Å². The number of ether oxygens (including phenoxy) is 4. The van der Waals surface area contributed by atoms with E-state index in [0.29, 0.717) is 47.3 Å². The highest BCUT2D eigenvalue weighted by Gasteiger charge is 2.32. The van der Waals surface area contributed by atoms with Gasteiger partial charge in [-0.2, -0.15) is 5.10 Å². The molecule has 12 nitrogen and oxygen atoms in total. The lowest BCUT2D eigenvalue weighted by atomic mass is 9.95. The molecule has 204 valence electrons. The number of esters is 1. The molecule has 5 N–H and O–H groups in total. The molecule has 2 aromatic carbocycles. The molecule has 0 aliphatic carbocycles. The van der Waals surface area contributed by atoms with Crippen molar-refractivity contribution in [2.24, 2.45) is 5.10 Å². The number of nitrogens with one attached hydrogen (secondary N) is 3. The number of rotatable bonds is 12. The van der Waals surface area contributed by atoms with E-state index in [9.17, 15) is 19.8 Å². The van der Waals surface area contributed by atoms with Crippen molar-refractivity contribution in [3.63, 3.8) is 0 Å².